The van der Waals surface area contributed by atoms with Crippen molar-refractivity contribution in [3.8, 4) is 0 Å². The van der Waals surface area contributed by atoms with E-state index in [0.717, 1.165) is 18.5 Å². The molecule has 2 heterocycles. The van der Waals surface area contributed by atoms with E-state index in [0.29, 0.717) is 12.8 Å². The number of hydrogen-bond donors (Lipinski definition) is 1. The van der Waals surface area contributed by atoms with Gasteiger partial charge in [-0.25, -0.2) is 13.1 Å². The summed E-state index contributed by atoms with van der Waals surface area (Å²) in [6.07, 6.45) is 1.97. The summed E-state index contributed by atoms with van der Waals surface area (Å²) in [4.78, 5) is 16.2. The summed E-state index contributed by atoms with van der Waals surface area (Å²) in [5, 5.41) is 2.09. The van der Waals surface area contributed by atoms with Crippen LogP contribution in [-0.2, 0) is 27.7 Å². The van der Waals surface area contributed by atoms with E-state index in [1.807, 2.05) is 4.90 Å². The summed E-state index contributed by atoms with van der Waals surface area (Å²) in [6.45, 7) is 2.85. The molecular formula is C18H22N2O3S2. The maximum Gasteiger partial charge on any atom is 0.240 e. The number of aryl methyl sites for hydroxylation is 1. The van der Waals surface area contributed by atoms with Gasteiger partial charge in [0.1, 0.15) is 0 Å². The molecule has 1 aliphatic rings. The van der Waals surface area contributed by atoms with Crippen LogP contribution in [0.3, 0.4) is 0 Å². The lowest BCUT2D eigenvalue weighted by atomic mass is 10.0. The van der Waals surface area contributed by atoms with Crippen LogP contribution in [-0.4, -0.2) is 32.8 Å². The Hall–Kier alpha value is -1.70. The van der Waals surface area contributed by atoms with Crippen LogP contribution in [0.25, 0.3) is 0 Å². The van der Waals surface area contributed by atoms with Crippen LogP contribution < -0.4 is 4.72 Å². The standard InChI is InChI=1S/C18H22N2O3S2/c1-13-16-10-12-24-17(16)9-11-20(13)18(21)8-5-14-3-6-15(7-4-14)25(22,23)19-2/h3-4,6-7,10,12-13,19H,5,8-9,11H2,1-2H3. The molecule has 7 heteroatoms. The molecule has 0 radical (unpaired) electrons. The predicted octanol–water partition coefficient (Wildman–Crippen LogP) is 2.73. The van der Waals surface area contributed by atoms with Crippen molar-refractivity contribution < 1.29 is 13.2 Å². The summed E-state index contributed by atoms with van der Waals surface area (Å²) in [6, 6.07) is 8.94. The highest BCUT2D eigenvalue weighted by atomic mass is 32.2. The second-order valence-corrected chi connectivity index (χ2v) is 9.05. The Kier molecular flexibility index (Phi) is 5.27. The number of nitrogens with zero attached hydrogens (tertiary/aromatic N) is 1. The lowest BCUT2D eigenvalue weighted by Gasteiger charge is -2.33. The average molecular weight is 379 g/mol. The zero-order chi connectivity index (χ0) is 18.0. The largest absolute Gasteiger partial charge is 0.336 e. The first kappa shape index (κ1) is 18.1. The third kappa shape index (κ3) is 3.78. The molecule has 1 aromatic heterocycles. The average Bonchev–Trinajstić information content (AvgIpc) is 3.10. The fraction of sp³-hybridized carbons (Fsp3) is 0.389. The quantitative estimate of drug-likeness (QED) is 0.870. The first-order valence-corrected chi connectivity index (χ1v) is 10.7. The molecule has 2 aromatic rings. The highest BCUT2D eigenvalue weighted by Crippen LogP contribution is 2.33. The number of fused-ring (bicyclic) bond motifs is 1. The van der Waals surface area contributed by atoms with E-state index in [2.05, 4.69) is 23.1 Å². The van der Waals surface area contributed by atoms with Crippen molar-refractivity contribution in [3.05, 3.63) is 51.7 Å². The highest BCUT2D eigenvalue weighted by Gasteiger charge is 2.27. The number of sulfonamides is 1. The van der Waals surface area contributed by atoms with Crippen LogP contribution in [0, 0.1) is 0 Å². The Morgan fingerprint density at radius 1 is 1.28 bits per heavy atom. The number of amides is 1. The molecule has 0 fully saturated rings. The molecular weight excluding hydrogens is 356 g/mol. The topological polar surface area (TPSA) is 66.5 Å². The van der Waals surface area contributed by atoms with Crippen LogP contribution in [0.5, 0.6) is 0 Å². The number of carbonyl (C=O) groups excluding carboxylic acids is 1. The van der Waals surface area contributed by atoms with Gasteiger partial charge in [0, 0.05) is 17.8 Å². The second kappa shape index (κ2) is 7.27. The Balaban J connectivity index is 1.61. The first-order chi connectivity index (χ1) is 11.9. The van der Waals surface area contributed by atoms with Gasteiger partial charge in [-0.1, -0.05) is 12.1 Å². The van der Waals surface area contributed by atoms with E-state index < -0.39 is 10.0 Å². The van der Waals surface area contributed by atoms with Gasteiger partial charge in [0.15, 0.2) is 0 Å². The predicted molar refractivity (Wildman–Crippen MR) is 99.2 cm³/mol. The molecule has 1 N–H and O–H groups in total. The molecule has 0 saturated heterocycles. The van der Waals surface area contributed by atoms with Crippen molar-refractivity contribution in [2.45, 2.75) is 37.1 Å². The Morgan fingerprint density at radius 2 is 2.00 bits per heavy atom. The molecule has 25 heavy (non-hydrogen) atoms. The molecule has 3 rings (SSSR count). The zero-order valence-corrected chi connectivity index (χ0v) is 16.0. The Labute approximate surface area is 152 Å². The first-order valence-electron chi connectivity index (χ1n) is 8.30. The van der Waals surface area contributed by atoms with E-state index in [9.17, 15) is 13.2 Å². The Morgan fingerprint density at radius 3 is 2.68 bits per heavy atom. The zero-order valence-electron chi connectivity index (χ0n) is 14.4. The van der Waals surface area contributed by atoms with Crippen molar-refractivity contribution >= 4 is 27.3 Å². The molecule has 1 unspecified atom stereocenters. The van der Waals surface area contributed by atoms with Gasteiger partial charge in [0.05, 0.1) is 10.9 Å². The lowest BCUT2D eigenvalue weighted by molar-refractivity contribution is -0.133. The molecule has 0 saturated carbocycles. The highest BCUT2D eigenvalue weighted by molar-refractivity contribution is 7.89. The maximum atomic E-state index is 12.6. The molecule has 5 nitrogen and oxygen atoms in total. The molecule has 1 aliphatic heterocycles. The van der Waals surface area contributed by atoms with Crippen LogP contribution >= 0.6 is 11.3 Å². The smallest absolute Gasteiger partial charge is 0.240 e. The van der Waals surface area contributed by atoms with Crippen LogP contribution in [0.15, 0.2) is 40.6 Å². The normalized spacial score (nSPS) is 17.4. The minimum absolute atomic E-state index is 0.130. The van der Waals surface area contributed by atoms with Crippen LogP contribution in [0.1, 0.15) is 35.4 Å². The summed E-state index contributed by atoms with van der Waals surface area (Å²) in [7, 11) is -2.03. The van der Waals surface area contributed by atoms with Gasteiger partial charge in [-0.05, 0) is 61.5 Å². The lowest BCUT2D eigenvalue weighted by Crippen LogP contribution is -2.38. The monoisotopic (exact) mass is 378 g/mol. The van der Waals surface area contributed by atoms with Gasteiger partial charge in [0.25, 0.3) is 0 Å². The van der Waals surface area contributed by atoms with Gasteiger partial charge >= 0.3 is 0 Å². The van der Waals surface area contributed by atoms with E-state index in [4.69, 9.17) is 0 Å². The van der Waals surface area contributed by atoms with Gasteiger partial charge in [-0.3, -0.25) is 4.79 Å². The van der Waals surface area contributed by atoms with Gasteiger partial charge < -0.3 is 4.90 Å². The fourth-order valence-electron chi connectivity index (χ4n) is 3.20. The number of rotatable bonds is 5. The van der Waals surface area contributed by atoms with E-state index in [1.165, 1.54) is 17.5 Å². The molecule has 1 aromatic carbocycles. The van der Waals surface area contributed by atoms with Crippen molar-refractivity contribution in [2.75, 3.05) is 13.6 Å². The van der Waals surface area contributed by atoms with Crippen LogP contribution in [0.2, 0.25) is 0 Å². The summed E-state index contributed by atoms with van der Waals surface area (Å²) in [5.74, 6) is 0.149. The van der Waals surface area contributed by atoms with Crippen molar-refractivity contribution in [3.63, 3.8) is 0 Å². The molecule has 0 aliphatic carbocycles. The summed E-state index contributed by atoms with van der Waals surface area (Å²) >= 11 is 1.77. The minimum Gasteiger partial charge on any atom is -0.336 e. The van der Waals surface area contributed by atoms with Crippen molar-refractivity contribution in [2.24, 2.45) is 0 Å². The SMILES string of the molecule is CNS(=O)(=O)c1ccc(CCC(=O)N2CCc3sccc3C2C)cc1. The molecule has 0 spiro atoms. The fourth-order valence-corrected chi connectivity index (χ4v) is 4.89. The van der Waals surface area contributed by atoms with Gasteiger partial charge in [0.2, 0.25) is 15.9 Å². The van der Waals surface area contributed by atoms with E-state index >= 15 is 0 Å². The molecule has 1 atom stereocenters. The number of thiophene rings is 1. The van der Waals surface area contributed by atoms with E-state index in [-0.39, 0.29) is 16.8 Å². The number of nitrogens with one attached hydrogen (secondary N) is 1. The third-order valence-electron chi connectivity index (χ3n) is 4.73. The molecule has 134 valence electrons. The maximum absolute atomic E-state index is 12.6. The second-order valence-electron chi connectivity index (χ2n) is 6.16. The summed E-state index contributed by atoms with van der Waals surface area (Å²) < 4.78 is 25.8. The summed E-state index contributed by atoms with van der Waals surface area (Å²) in [5.41, 5.74) is 2.23. The molecule has 1 amide bonds. The number of hydrogen-bond acceptors (Lipinski definition) is 4. The van der Waals surface area contributed by atoms with Crippen molar-refractivity contribution in [1.29, 1.82) is 0 Å². The third-order valence-corrected chi connectivity index (χ3v) is 7.15. The van der Waals surface area contributed by atoms with Crippen LogP contribution in [0.4, 0.5) is 0 Å². The molecule has 0 bridgehead atoms. The Bertz CT molecular complexity index is 857. The van der Waals surface area contributed by atoms with E-state index in [1.54, 1.807) is 35.6 Å². The number of carbonyl (C=O) groups is 1. The van der Waals surface area contributed by atoms with Gasteiger partial charge in [-0.15, -0.1) is 11.3 Å². The van der Waals surface area contributed by atoms with Gasteiger partial charge in [-0.2, -0.15) is 0 Å². The van der Waals surface area contributed by atoms with Crippen molar-refractivity contribution in [1.82, 2.24) is 9.62 Å². The number of benzene rings is 1. The minimum atomic E-state index is -3.42.